The van der Waals surface area contributed by atoms with Crippen molar-refractivity contribution in [2.45, 2.75) is 53.0 Å². The first-order chi connectivity index (χ1) is 9.27. The summed E-state index contributed by atoms with van der Waals surface area (Å²) < 4.78 is 0. The summed E-state index contributed by atoms with van der Waals surface area (Å²) in [5.41, 5.74) is 2.48. The average Bonchev–Trinajstić information content (AvgIpc) is 2.28. The van der Waals surface area contributed by atoms with E-state index in [4.69, 9.17) is 0 Å². The number of benzene rings is 1. The number of nitrogens with zero attached hydrogens (tertiary/aromatic N) is 1. The average molecular weight is 276 g/mol. The zero-order valence-electron chi connectivity index (χ0n) is 12.8. The maximum atomic E-state index is 10.8. The lowest BCUT2D eigenvalue weighted by Crippen LogP contribution is -2.35. The Kier molecular flexibility index (Phi) is 4.02. The standard InChI is InChI=1S/C16H24N2O2/c1-11-7-13(10-16(3,4)9-11)17-15-6-5-14(18(19)20)8-12(15)2/h5-6,8,11,13,17H,7,9-10H2,1-4H3. The third-order valence-electron chi connectivity index (χ3n) is 4.17. The Labute approximate surface area is 120 Å². The quantitative estimate of drug-likeness (QED) is 0.652. The van der Waals surface area contributed by atoms with Crippen LogP contribution < -0.4 is 5.32 Å². The Bertz CT molecular complexity index is 511. The predicted octanol–water partition coefficient (Wildman–Crippen LogP) is 4.53. The van der Waals surface area contributed by atoms with Gasteiger partial charge in [-0.3, -0.25) is 10.1 Å². The number of anilines is 1. The van der Waals surface area contributed by atoms with Crippen LogP contribution in [-0.4, -0.2) is 11.0 Å². The van der Waals surface area contributed by atoms with Crippen LogP contribution in [0.3, 0.4) is 0 Å². The molecule has 1 aromatic carbocycles. The van der Waals surface area contributed by atoms with E-state index < -0.39 is 0 Å². The van der Waals surface area contributed by atoms with Gasteiger partial charge >= 0.3 is 0 Å². The van der Waals surface area contributed by atoms with E-state index in [9.17, 15) is 10.1 Å². The second-order valence-electron chi connectivity index (χ2n) is 7.01. The molecule has 20 heavy (non-hydrogen) atoms. The van der Waals surface area contributed by atoms with Crippen molar-refractivity contribution in [2.75, 3.05) is 5.32 Å². The zero-order chi connectivity index (χ0) is 14.9. The van der Waals surface area contributed by atoms with Crippen molar-refractivity contribution in [3.63, 3.8) is 0 Å². The van der Waals surface area contributed by atoms with Gasteiger partial charge in [-0.1, -0.05) is 20.8 Å². The molecular weight excluding hydrogens is 252 g/mol. The van der Waals surface area contributed by atoms with Gasteiger partial charge in [0.2, 0.25) is 0 Å². The van der Waals surface area contributed by atoms with Gasteiger partial charge in [-0.05, 0) is 49.1 Å². The molecular formula is C16H24N2O2. The summed E-state index contributed by atoms with van der Waals surface area (Å²) in [7, 11) is 0. The second-order valence-corrected chi connectivity index (χ2v) is 7.01. The van der Waals surface area contributed by atoms with E-state index in [1.165, 1.54) is 12.8 Å². The lowest BCUT2D eigenvalue weighted by molar-refractivity contribution is -0.384. The van der Waals surface area contributed by atoms with Crippen molar-refractivity contribution < 1.29 is 4.92 Å². The molecule has 4 heteroatoms. The highest BCUT2D eigenvalue weighted by Gasteiger charge is 2.32. The van der Waals surface area contributed by atoms with E-state index in [0.29, 0.717) is 11.5 Å². The minimum absolute atomic E-state index is 0.158. The van der Waals surface area contributed by atoms with Crippen molar-refractivity contribution in [1.29, 1.82) is 0 Å². The molecule has 0 radical (unpaired) electrons. The van der Waals surface area contributed by atoms with Crippen LogP contribution in [0.2, 0.25) is 0 Å². The number of rotatable bonds is 3. The fraction of sp³-hybridized carbons (Fsp3) is 0.625. The van der Waals surface area contributed by atoms with E-state index in [0.717, 1.165) is 23.6 Å². The van der Waals surface area contributed by atoms with Crippen molar-refractivity contribution in [3.05, 3.63) is 33.9 Å². The molecule has 0 aromatic heterocycles. The number of aryl methyl sites for hydroxylation is 1. The molecule has 2 rings (SSSR count). The molecule has 4 nitrogen and oxygen atoms in total. The van der Waals surface area contributed by atoms with Gasteiger partial charge in [0.25, 0.3) is 5.69 Å². The van der Waals surface area contributed by atoms with Crippen molar-refractivity contribution >= 4 is 11.4 Å². The van der Waals surface area contributed by atoms with Crippen LogP contribution >= 0.6 is 0 Å². The van der Waals surface area contributed by atoms with Crippen LogP contribution in [0, 0.1) is 28.4 Å². The number of nitro groups is 1. The third-order valence-corrected chi connectivity index (χ3v) is 4.17. The molecule has 1 aliphatic rings. The van der Waals surface area contributed by atoms with Gasteiger partial charge < -0.3 is 5.32 Å². The normalized spacial score (nSPS) is 25.2. The van der Waals surface area contributed by atoms with E-state index in [1.807, 2.05) is 13.0 Å². The van der Waals surface area contributed by atoms with Gasteiger partial charge in [-0.2, -0.15) is 0 Å². The molecule has 2 unspecified atom stereocenters. The van der Waals surface area contributed by atoms with Gasteiger partial charge in [0.1, 0.15) is 0 Å². The number of nitrogens with one attached hydrogen (secondary N) is 1. The van der Waals surface area contributed by atoms with E-state index in [-0.39, 0.29) is 10.6 Å². The molecule has 0 bridgehead atoms. The maximum Gasteiger partial charge on any atom is 0.269 e. The lowest BCUT2D eigenvalue weighted by Gasteiger charge is -2.39. The summed E-state index contributed by atoms with van der Waals surface area (Å²) >= 11 is 0. The number of non-ortho nitro benzene ring substituents is 1. The molecule has 0 saturated heterocycles. The minimum atomic E-state index is -0.345. The van der Waals surface area contributed by atoms with E-state index >= 15 is 0 Å². The summed E-state index contributed by atoms with van der Waals surface area (Å²) in [6.45, 7) is 8.87. The third kappa shape index (κ3) is 3.50. The van der Waals surface area contributed by atoms with Crippen LogP contribution in [0.1, 0.15) is 45.6 Å². The molecule has 110 valence electrons. The number of nitro benzene ring substituents is 1. The van der Waals surface area contributed by atoms with Crippen LogP contribution in [0.15, 0.2) is 18.2 Å². The topological polar surface area (TPSA) is 55.2 Å². The molecule has 1 N–H and O–H groups in total. The molecule has 0 aliphatic heterocycles. The van der Waals surface area contributed by atoms with Gasteiger partial charge in [-0.25, -0.2) is 0 Å². The fourth-order valence-corrected chi connectivity index (χ4v) is 3.60. The van der Waals surface area contributed by atoms with Gasteiger partial charge in [0.05, 0.1) is 4.92 Å². The minimum Gasteiger partial charge on any atom is -0.382 e. The Hall–Kier alpha value is -1.58. The highest BCUT2D eigenvalue weighted by molar-refractivity contribution is 5.56. The second kappa shape index (κ2) is 5.43. The zero-order valence-corrected chi connectivity index (χ0v) is 12.8. The number of hydrogen-bond donors (Lipinski definition) is 1. The van der Waals surface area contributed by atoms with E-state index in [2.05, 4.69) is 26.1 Å². The highest BCUT2D eigenvalue weighted by Crippen LogP contribution is 2.39. The van der Waals surface area contributed by atoms with Crippen LogP contribution in [0.25, 0.3) is 0 Å². The predicted molar refractivity (Wildman–Crippen MR) is 82.0 cm³/mol. The summed E-state index contributed by atoms with van der Waals surface area (Å²) in [5, 5.41) is 14.3. The van der Waals surface area contributed by atoms with Crippen LogP contribution in [0.4, 0.5) is 11.4 Å². The molecule has 1 fully saturated rings. The summed E-state index contributed by atoms with van der Waals surface area (Å²) in [6.07, 6.45) is 3.58. The molecule has 0 heterocycles. The van der Waals surface area contributed by atoms with E-state index in [1.54, 1.807) is 12.1 Å². The Balaban J connectivity index is 2.12. The smallest absolute Gasteiger partial charge is 0.269 e. The van der Waals surface area contributed by atoms with Crippen LogP contribution in [-0.2, 0) is 0 Å². The molecule has 0 spiro atoms. The maximum absolute atomic E-state index is 10.8. The first kappa shape index (κ1) is 14.8. The monoisotopic (exact) mass is 276 g/mol. The lowest BCUT2D eigenvalue weighted by atomic mass is 9.70. The van der Waals surface area contributed by atoms with Crippen molar-refractivity contribution in [3.8, 4) is 0 Å². The van der Waals surface area contributed by atoms with Crippen molar-refractivity contribution in [1.82, 2.24) is 0 Å². The Morgan fingerprint density at radius 1 is 1.35 bits per heavy atom. The fourth-order valence-electron chi connectivity index (χ4n) is 3.60. The number of hydrogen-bond acceptors (Lipinski definition) is 3. The summed E-state index contributed by atoms with van der Waals surface area (Å²) in [6, 6.07) is 5.50. The van der Waals surface area contributed by atoms with Gasteiger partial charge in [0, 0.05) is 23.9 Å². The molecule has 1 aliphatic carbocycles. The van der Waals surface area contributed by atoms with Gasteiger partial charge in [-0.15, -0.1) is 0 Å². The largest absolute Gasteiger partial charge is 0.382 e. The first-order valence-corrected chi connectivity index (χ1v) is 7.28. The van der Waals surface area contributed by atoms with Crippen LogP contribution in [0.5, 0.6) is 0 Å². The first-order valence-electron chi connectivity index (χ1n) is 7.28. The molecule has 2 atom stereocenters. The Morgan fingerprint density at radius 2 is 2.05 bits per heavy atom. The highest BCUT2D eigenvalue weighted by atomic mass is 16.6. The Morgan fingerprint density at radius 3 is 2.60 bits per heavy atom. The van der Waals surface area contributed by atoms with Crippen molar-refractivity contribution in [2.24, 2.45) is 11.3 Å². The van der Waals surface area contributed by atoms with Gasteiger partial charge in [0.15, 0.2) is 0 Å². The summed E-state index contributed by atoms with van der Waals surface area (Å²) in [4.78, 5) is 10.4. The molecule has 1 saturated carbocycles. The summed E-state index contributed by atoms with van der Waals surface area (Å²) in [5.74, 6) is 0.717. The molecule has 1 aromatic rings. The molecule has 0 amide bonds. The SMILES string of the molecule is Cc1cc([N+](=O)[O-])ccc1NC1CC(C)CC(C)(C)C1.